The van der Waals surface area contributed by atoms with Gasteiger partial charge in [0.15, 0.2) is 23.0 Å². The summed E-state index contributed by atoms with van der Waals surface area (Å²) in [6.07, 6.45) is 0. The van der Waals surface area contributed by atoms with Gasteiger partial charge >= 0.3 is 15.6 Å². The molecule has 2 atom stereocenters. The first-order valence-corrected chi connectivity index (χ1v) is 15.7. The molecule has 0 N–H and O–H groups in total. The summed E-state index contributed by atoms with van der Waals surface area (Å²) in [5.74, 6) is 0.585. The lowest BCUT2D eigenvalue weighted by atomic mass is 9.83. The highest BCUT2D eigenvalue weighted by atomic mass is 31.2. The first-order chi connectivity index (χ1) is 20.5. The van der Waals surface area contributed by atoms with Crippen LogP contribution in [0.4, 0.5) is 0 Å². The molecule has 12 heteroatoms. The molecule has 0 saturated carbocycles. The van der Waals surface area contributed by atoms with Crippen molar-refractivity contribution in [3.8, 4) is 79.0 Å². The van der Waals surface area contributed by atoms with Crippen LogP contribution in [0.3, 0.4) is 0 Å². The van der Waals surface area contributed by atoms with Gasteiger partial charge in [-0.1, -0.05) is 100 Å². The van der Waals surface area contributed by atoms with Crippen LogP contribution in [-0.2, 0) is 18.5 Å². The Labute approximate surface area is 238 Å². The molecule has 42 heavy (non-hydrogen) atoms. The molecule has 0 aliphatic carbocycles. The molecule has 10 nitrogen and oxygen atoms in total. The number of hydrogen-bond donors (Lipinski definition) is 0. The Hall–Kier alpha value is -4.72. The molecule has 0 amide bonds. The van der Waals surface area contributed by atoms with Crippen molar-refractivity contribution in [1.29, 1.82) is 0 Å². The van der Waals surface area contributed by atoms with Crippen LogP contribution in [0, 0.1) is 0 Å². The zero-order chi connectivity index (χ0) is 28.1. The number of phosphoric acid groups is 2. The highest BCUT2D eigenvalue weighted by Crippen LogP contribution is 2.75. The van der Waals surface area contributed by atoms with E-state index in [-0.39, 0.29) is 34.5 Å². The van der Waals surface area contributed by atoms with Crippen LogP contribution in [0.25, 0.3) is 44.5 Å². The number of benzene rings is 5. The molecule has 6 aliphatic heterocycles. The summed E-state index contributed by atoms with van der Waals surface area (Å²) in [7, 11) is -8.59. The Morgan fingerprint density at radius 1 is 0.429 bits per heavy atom. The second-order valence-electron chi connectivity index (χ2n) is 9.74. The van der Waals surface area contributed by atoms with E-state index >= 15 is 0 Å². The molecule has 0 radical (unpaired) electrons. The van der Waals surface area contributed by atoms with E-state index in [9.17, 15) is 9.13 Å². The summed E-state index contributed by atoms with van der Waals surface area (Å²) >= 11 is 0. The van der Waals surface area contributed by atoms with Crippen LogP contribution >= 0.6 is 15.6 Å². The van der Waals surface area contributed by atoms with Crippen molar-refractivity contribution >= 4 is 15.6 Å². The molecule has 6 aliphatic rings. The van der Waals surface area contributed by atoms with E-state index < -0.39 is 15.6 Å². The molecule has 0 aromatic heterocycles. The number of fused-ring (bicyclic) bond motifs is 2. The molecule has 2 unspecified atom stereocenters. The fourth-order valence-corrected chi connectivity index (χ4v) is 7.70. The summed E-state index contributed by atoms with van der Waals surface area (Å²) in [6.45, 7) is 0. The van der Waals surface area contributed by atoms with E-state index in [0.717, 1.165) is 16.7 Å². The van der Waals surface area contributed by atoms with Gasteiger partial charge in [0.2, 0.25) is 11.5 Å². The van der Waals surface area contributed by atoms with E-state index in [2.05, 4.69) is 0 Å². The van der Waals surface area contributed by atoms with Crippen LogP contribution in [-0.4, -0.2) is 0 Å². The van der Waals surface area contributed by atoms with Crippen molar-refractivity contribution in [2.75, 3.05) is 0 Å². The fourth-order valence-electron chi connectivity index (χ4n) is 5.60. The highest BCUT2D eigenvalue weighted by molar-refractivity contribution is 7.50. The lowest BCUT2D eigenvalue weighted by Crippen LogP contribution is -2.10. The summed E-state index contributed by atoms with van der Waals surface area (Å²) in [4.78, 5) is 12.0. The second-order valence-corrected chi connectivity index (χ2v) is 12.6. The monoisotopic (exact) mass is 598 g/mol. The quantitative estimate of drug-likeness (QED) is 0.148. The molecule has 6 bridgehead atoms. The minimum absolute atomic E-state index is 0.0479. The largest absolute Gasteiger partial charge is 0.647 e. The summed E-state index contributed by atoms with van der Waals surface area (Å²) in [5, 5.41) is 0. The van der Waals surface area contributed by atoms with Gasteiger partial charge in [-0.3, -0.25) is 0 Å². The predicted molar refractivity (Wildman–Crippen MR) is 149 cm³/mol. The van der Waals surface area contributed by atoms with Crippen molar-refractivity contribution in [3.63, 3.8) is 0 Å². The Bertz CT molecular complexity index is 2050. The van der Waals surface area contributed by atoms with E-state index in [1.807, 2.05) is 91.0 Å². The SMILES string of the molecule is O=P12OOc3c(-c4ccccc4)c(-c4ccccc4)c(c(c3-c3ccccc3)-c3cc4c5c(c3O1)OP(=O)(O4)O5)OO2. The van der Waals surface area contributed by atoms with E-state index in [1.54, 1.807) is 6.07 Å². The molecule has 206 valence electrons. The summed E-state index contributed by atoms with van der Waals surface area (Å²) in [6, 6.07) is 30.1. The van der Waals surface area contributed by atoms with Crippen molar-refractivity contribution in [2.45, 2.75) is 0 Å². The van der Waals surface area contributed by atoms with E-state index in [4.69, 9.17) is 37.2 Å². The van der Waals surface area contributed by atoms with Crippen LogP contribution in [0.2, 0.25) is 0 Å². The maximum atomic E-state index is 14.0. The van der Waals surface area contributed by atoms with Gasteiger partial charge in [0.25, 0.3) is 0 Å². The predicted octanol–water partition coefficient (Wildman–Crippen LogP) is 8.76. The Morgan fingerprint density at radius 3 is 1.40 bits per heavy atom. The lowest BCUT2D eigenvalue weighted by molar-refractivity contribution is -0.182. The van der Waals surface area contributed by atoms with E-state index in [1.165, 1.54) is 0 Å². The molecular weight excluding hydrogens is 582 g/mol. The Balaban J connectivity index is 1.51. The van der Waals surface area contributed by atoms with Gasteiger partial charge in [-0.2, -0.15) is 4.57 Å². The third-order valence-electron chi connectivity index (χ3n) is 7.26. The van der Waals surface area contributed by atoms with Crippen molar-refractivity contribution in [2.24, 2.45) is 0 Å². The maximum absolute atomic E-state index is 14.0. The number of rotatable bonds is 3. The summed E-state index contributed by atoms with van der Waals surface area (Å²) < 4.78 is 60.1. The summed E-state index contributed by atoms with van der Waals surface area (Å²) in [5.41, 5.74) is 4.77. The van der Waals surface area contributed by atoms with Crippen LogP contribution in [0.5, 0.6) is 34.5 Å². The molecule has 5 aromatic carbocycles. The molecule has 0 spiro atoms. The van der Waals surface area contributed by atoms with Gasteiger partial charge < -0.3 is 27.9 Å². The van der Waals surface area contributed by atoms with Crippen molar-refractivity contribution < 1.29 is 46.3 Å². The second kappa shape index (κ2) is 8.41. The van der Waals surface area contributed by atoms with Gasteiger partial charge in [-0.25, -0.2) is 4.57 Å². The van der Waals surface area contributed by atoms with Gasteiger partial charge in [0, 0.05) is 27.8 Å². The standard InChI is InChI=1S/C30H16O10P2/c31-41-35-21-16-20-25-24(19-14-8-3-9-15-19)28-22(17-10-4-1-5-11-17)23(18-12-6-2-7-13-18)29(25)34-40-42(32,39-33-28)36-26(20)30(38-41)27(21)37-41/h1-16H. The Morgan fingerprint density at radius 2 is 0.881 bits per heavy atom. The van der Waals surface area contributed by atoms with Crippen molar-refractivity contribution in [3.05, 3.63) is 97.1 Å². The number of hydrogen-bond acceptors (Lipinski definition) is 10. The third-order valence-corrected chi connectivity index (χ3v) is 9.42. The molecule has 0 fully saturated rings. The van der Waals surface area contributed by atoms with Gasteiger partial charge in [-0.05, 0) is 22.8 Å². The molecule has 0 saturated heterocycles. The molecular formula is C30H16O10P2. The molecule has 11 rings (SSSR count). The zero-order valence-electron chi connectivity index (χ0n) is 21.2. The topological polar surface area (TPSA) is 108 Å². The molecule has 5 aromatic rings. The average molecular weight is 598 g/mol. The average Bonchev–Trinajstić information content (AvgIpc) is 3.57. The maximum Gasteiger partial charge on any atom is 0.647 e. The highest BCUT2D eigenvalue weighted by Gasteiger charge is 2.55. The van der Waals surface area contributed by atoms with E-state index in [0.29, 0.717) is 27.8 Å². The lowest BCUT2D eigenvalue weighted by Gasteiger charge is -2.26. The zero-order valence-corrected chi connectivity index (χ0v) is 23.0. The fraction of sp³-hybridized carbons (Fsp3) is 0. The first-order valence-electron chi connectivity index (χ1n) is 12.8. The van der Waals surface area contributed by atoms with Crippen molar-refractivity contribution in [1.82, 2.24) is 0 Å². The van der Waals surface area contributed by atoms with Gasteiger partial charge in [0.1, 0.15) is 0 Å². The van der Waals surface area contributed by atoms with Crippen LogP contribution < -0.4 is 27.9 Å². The molecule has 6 heterocycles. The number of phosphoric ester groups is 1. The minimum atomic E-state index is -4.66. The van der Waals surface area contributed by atoms with Gasteiger partial charge in [-0.15, -0.1) is 0 Å². The van der Waals surface area contributed by atoms with Crippen LogP contribution in [0.15, 0.2) is 97.1 Å². The normalized spacial score (nSPS) is 21.7. The minimum Gasteiger partial charge on any atom is -0.395 e. The van der Waals surface area contributed by atoms with Gasteiger partial charge in [0.05, 0.1) is 0 Å². The first kappa shape index (κ1) is 23.9. The van der Waals surface area contributed by atoms with Crippen LogP contribution in [0.1, 0.15) is 0 Å². The Kier molecular flexibility index (Phi) is 4.79. The third kappa shape index (κ3) is 3.35. The smallest absolute Gasteiger partial charge is 0.395 e.